The van der Waals surface area contributed by atoms with E-state index in [1.54, 1.807) is 4.90 Å². The molecule has 1 fully saturated rings. The van der Waals surface area contributed by atoms with Crippen molar-refractivity contribution in [3.63, 3.8) is 0 Å². The molecule has 1 atom stereocenters. The second-order valence-electron chi connectivity index (χ2n) is 8.79. The van der Waals surface area contributed by atoms with Gasteiger partial charge in [0, 0.05) is 18.3 Å². The summed E-state index contributed by atoms with van der Waals surface area (Å²) in [6.07, 6.45) is 1.63. The van der Waals surface area contributed by atoms with Crippen LogP contribution in [0.5, 0.6) is 5.75 Å². The summed E-state index contributed by atoms with van der Waals surface area (Å²) in [6, 6.07) is 5.82. The van der Waals surface area contributed by atoms with E-state index < -0.39 is 5.60 Å². The number of hydrogen-bond donors (Lipinski definition) is 1. The molecule has 25 heavy (non-hydrogen) atoms. The minimum Gasteiger partial charge on any atom is -0.491 e. The van der Waals surface area contributed by atoms with Crippen molar-refractivity contribution >= 4 is 11.8 Å². The molecular weight excluding hydrogens is 316 g/mol. The molecule has 1 amide bonds. The first-order chi connectivity index (χ1) is 11.5. The number of carbonyl (C=O) groups is 1. The van der Waals surface area contributed by atoms with E-state index in [2.05, 4.69) is 20.8 Å². The molecule has 1 saturated heterocycles. The van der Waals surface area contributed by atoms with Crippen molar-refractivity contribution in [3.8, 4) is 5.75 Å². The Labute approximate surface area is 151 Å². The summed E-state index contributed by atoms with van der Waals surface area (Å²) in [5.74, 6) is 0.795. The fourth-order valence-corrected chi connectivity index (χ4v) is 3.03. The zero-order valence-electron chi connectivity index (χ0n) is 16.4. The van der Waals surface area contributed by atoms with E-state index in [1.165, 1.54) is 0 Å². The Morgan fingerprint density at radius 2 is 1.92 bits per heavy atom. The van der Waals surface area contributed by atoms with Crippen LogP contribution in [0.1, 0.15) is 59.9 Å². The van der Waals surface area contributed by atoms with Gasteiger partial charge in [-0.1, -0.05) is 26.8 Å². The Bertz CT molecular complexity index is 614. The number of rotatable bonds is 3. The SMILES string of the molecule is CC(C)(C)OC(=O)N1CCCC1COc1cc(N)ccc1C(C)(C)C. The molecule has 140 valence electrons. The zero-order chi connectivity index (χ0) is 18.8. The number of nitrogen functional groups attached to an aromatic ring is 1. The third-order valence-electron chi connectivity index (χ3n) is 4.25. The van der Waals surface area contributed by atoms with Gasteiger partial charge in [-0.25, -0.2) is 4.79 Å². The summed E-state index contributed by atoms with van der Waals surface area (Å²) >= 11 is 0. The standard InChI is InChI=1S/C20H32N2O3/c1-19(2,3)16-10-9-14(21)12-17(16)24-13-15-8-7-11-22(15)18(23)25-20(4,5)6/h9-10,12,15H,7-8,11,13,21H2,1-6H3. The monoisotopic (exact) mass is 348 g/mol. The molecule has 0 saturated carbocycles. The van der Waals surface area contributed by atoms with E-state index in [1.807, 2.05) is 39.0 Å². The van der Waals surface area contributed by atoms with E-state index in [9.17, 15) is 4.79 Å². The van der Waals surface area contributed by atoms with Crippen molar-refractivity contribution in [2.75, 3.05) is 18.9 Å². The summed E-state index contributed by atoms with van der Waals surface area (Å²) < 4.78 is 11.6. The van der Waals surface area contributed by atoms with Gasteiger partial charge in [-0.15, -0.1) is 0 Å². The number of ether oxygens (including phenoxy) is 2. The van der Waals surface area contributed by atoms with E-state index in [0.29, 0.717) is 18.8 Å². The fraction of sp³-hybridized carbons (Fsp3) is 0.650. The minimum atomic E-state index is -0.488. The second kappa shape index (κ2) is 7.14. The lowest BCUT2D eigenvalue weighted by Gasteiger charge is -2.29. The molecule has 1 heterocycles. The highest BCUT2D eigenvalue weighted by Gasteiger charge is 2.33. The Morgan fingerprint density at radius 1 is 1.24 bits per heavy atom. The third kappa shape index (κ3) is 5.28. The average molecular weight is 348 g/mol. The molecule has 1 aliphatic heterocycles. The molecule has 0 spiro atoms. The molecule has 2 N–H and O–H groups in total. The van der Waals surface area contributed by atoms with Gasteiger partial charge in [0.05, 0.1) is 6.04 Å². The first-order valence-electron chi connectivity index (χ1n) is 9.00. The number of anilines is 1. The fourth-order valence-electron chi connectivity index (χ4n) is 3.03. The van der Waals surface area contributed by atoms with Crippen molar-refractivity contribution in [2.45, 2.75) is 71.4 Å². The molecule has 1 aliphatic rings. The van der Waals surface area contributed by atoms with Crippen LogP contribution in [0, 0.1) is 0 Å². The third-order valence-corrected chi connectivity index (χ3v) is 4.25. The molecule has 5 nitrogen and oxygen atoms in total. The highest BCUT2D eigenvalue weighted by atomic mass is 16.6. The summed E-state index contributed by atoms with van der Waals surface area (Å²) in [4.78, 5) is 14.2. The zero-order valence-corrected chi connectivity index (χ0v) is 16.4. The summed E-state index contributed by atoms with van der Waals surface area (Å²) in [5.41, 5.74) is 7.20. The van der Waals surface area contributed by atoms with Gasteiger partial charge in [-0.2, -0.15) is 0 Å². The highest BCUT2D eigenvalue weighted by Crippen LogP contribution is 2.33. The largest absolute Gasteiger partial charge is 0.491 e. The van der Waals surface area contributed by atoms with E-state index in [4.69, 9.17) is 15.2 Å². The maximum absolute atomic E-state index is 12.4. The Kier molecular flexibility index (Phi) is 5.55. The Hall–Kier alpha value is -1.91. The summed E-state index contributed by atoms with van der Waals surface area (Å²) in [5, 5.41) is 0. The predicted molar refractivity (Wildman–Crippen MR) is 101 cm³/mol. The number of hydrogen-bond acceptors (Lipinski definition) is 4. The normalized spacial score (nSPS) is 18.3. The minimum absolute atomic E-state index is 0.0316. The smallest absolute Gasteiger partial charge is 0.410 e. The van der Waals surface area contributed by atoms with Gasteiger partial charge in [0.15, 0.2) is 0 Å². The first kappa shape index (κ1) is 19.4. The van der Waals surface area contributed by atoms with Crippen molar-refractivity contribution in [2.24, 2.45) is 0 Å². The van der Waals surface area contributed by atoms with Gasteiger partial charge in [0.2, 0.25) is 0 Å². The summed E-state index contributed by atoms with van der Waals surface area (Å²) in [7, 11) is 0. The lowest BCUT2D eigenvalue weighted by atomic mass is 9.86. The number of likely N-dealkylation sites (tertiary alicyclic amines) is 1. The van der Waals surface area contributed by atoms with Crippen molar-refractivity contribution in [1.82, 2.24) is 4.90 Å². The molecule has 0 bridgehead atoms. The van der Waals surface area contributed by atoms with Gasteiger partial charge < -0.3 is 20.1 Å². The van der Waals surface area contributed by atoms with Crippen LogP contribution in [0.3, 0.4) is 0 Å². The van der Waals surface area contributed by atoms with Crippen molar-refractivity contribution in [1.29, 1.82) is 0 Å². The van der Waals surface area contributed by atoms with E-state index >= 15 is 0 Å². The van der Waals surface area contributed by atoms with Gasteiger partial charge in [-0.3, -0.25) is 0 Å². The lowest BCUT2D eigenvalue weighted by Crippen LogP contribution is -2.42. The van der Waals surface area contributed by atoms with E-state index in [0.717, 1.165) is 24.2 Å². The molecular formula is C20H32N2O3. The highest BCUT2D eigenvalue weighted by molar-refractivity contribution is 5.69. The van der Waals surface area contributed by atoms with E-state index in [-0.39, 0.29) is 17.6 Å². The molecule has 1 aromatic rings. The topological polar surface area (TPSA) is 64.8 Å². The average Bonchev–Trinajstić information content (AvgIpc) is 2.90. The number of amides is 1. The van der Waals surface area contributed by atoms with Gasteiger partial charge in [-0.05, 0) is 50.7 Å². The molecule has 0 radical (unpaired) electrons. The van der Waals surface area contributed by atoms with Crippen LogP contribution in [0.15, 0.2) is 18.2 Å². The van der Waals surface area contributed by atoms with Crippen LogP contribution < -0.4 is 10.5 Å². The van der Waals surface area contributed by atoms with Gasteiger partial charge in [0.25, 0.3) is 0 Å². The van der Waals surface area contributed by atoms with Gasteiger partial charge >= 0.3 is 6.09 Å². The van der Waals surface area contributed by atoms with Gasteiger partial charge in [0.1, 0.15) is 18.0 Å². The quantitative estimate of drug-likeness (QED) is 0.825. The summed E-state index contributed by atoms with van der Waals surface area (Å²) in [6.45, 7) is 13.3. The molecule has 0 aliphatic carbocycles. The van der Waals surface area contributed by atoms with Crippen molar-refractivity contribution < 1.29 is 14.3 Å². The molecule has 2 rings (SSSR count). The first-order valence-corrected chi connectivity index (χ1v) is 9.00. The molecule has 1 unspecified atom stereocenters. The van der Waals surface area contributed by atoms with Crippen LogP contribution >= 0.6 is 0 Å². The Morgan fingerprint density at radius 3 is 2.52 bits per heavy atom. The van der Waals surface area contributed by atoms with Crippen LogP contribution in [-0.2, 0) is 10.2 Å². The van der Waals surface area contributed by atoms with Crippen molar-refractivity contribution in [3.05, 3.63) is 23.8 Å². The lowest BCUT2D eigenvalue weighted by molar-refractivity contribution is 0.0187. The van der Waals surface area contributed by atoms with Crippen LogP contribution in [0.2, 0.25) is 0 Å². The Balaban J connectivity index is 2.08. The number of carbonyl (C=O) groups excluding carboxylic acids is 1. The van der Waals surface area contributed by atoms with Crippen LogP contribution in [0.25, 0.3) is 0 Å². The molecule has 5 heteroatoms. The van der Waals surface area contributed by atoms with Crippen LogP contribution in [0.4, 0.5) is 10.5 Å². The molecule has 1 aromatic carbocycles. The number of benzene rings is 1. The number of nitrogens with zero attached hydrogens (tertiary/aromatic N) is 1. The number of nitrogens with two attached hydrogens (primary N) is 1. The second-order valence-corrected chi connectivity index (χ2v) is 8.79. The predicted octanol–water partition coefficient (Wildman–Crippen LogP) is 4.34. The van der Waals surface area contributed by atoms with Crippen LogP contribution in [-0.4, -0.2) is 35.8 Å². The molecule has 0 aromatic heterocycles. The maximum atomic E-state index is 12.4. The maximum Gasteiger partial charge on any atom is 0.410 e.